The molecular weight excluding hydrogens is 244 g/mol. The Labute approximate surface area is 111 Å². The molecule has 19 heavy (non-hydrogen) atoms. The van der Waals surface area contributed by atoms with E-state index in [1.807, 2.05) is 18.2 Å². The molecule has 0 aromatic carbocycles. The molecule has 3 fully saturated rings. The lowest BCUT2D eigenvalue weighted by molar-refractivity contribution is -0.335. The van der Waals surface area contributed by atoms with Gasteiger partial charge in [0.15, 0.2) is 10.8 Å². The lowest BCUT2D eigenvalue weighted by atomic mass is 9.51. The minimum absolute atomic E-state index is 0.336. The van der Waals surface area contributed by atoms with Gasteiger partial charge in [0.2, 0.25) is 11.7 Å². The van der Waals surface area contributed by atoms with Crippen molar-refractivity contribution in [2.75, 3.05) is 0 Å². The minimum atomic E-state index is -1.66. The molecule has 0 aromatic rings. The largest absolute Gasteiger partial charge is 0.448 e. The van der Waals surface area contributed by atoms with Crippen LogP contribution in [0.4, 0.5) is 0 Å². The normalized spacial score (nSPS) is 42.6. The fourth-order valence-corrected chi connectivity index (χ4v) is 3.18. The quantitative estimate of drug-likeness (QED) is 0.768. The molecule has 1 N–H and O–H groups in total. The van der Waals surface area contributed by atoms with Gasteiger partial charge in [0.05, 0.1) is 30.2 Å². The van der Waals surface area contributed by atoms with Crippen LogP contribution in [0.1, 0.15) is 27.2 Å². The molecule has 3 rings (SSSR count). The highest BCUT2D eigenvalue weighted by atomic mass is 16.7. The van der Waals surface area contributed by atoms with Gasteiger partial charge in [-0.2, -0.15) is 15.8 Å². The molecule has 0 amide bonds. The first-order chi connectivity index (χ1) is 8.88. The predicted octanol–water partition coefficient (Wildman–Crippen LogP) is 1.70. The fraction of sp³-hybridized carbons (Fsp3) is 0.692. The van der Waals surface area contributed by atoms with Gasteiger partial charge >= 0.3 is 0 Å². The Morgan fingerprint density at radius 1 is 1.26 bits per heavy atom. The molecule has 0 aromatic heterocycles. The molecule has 0 spiro atoms. The molecule has 3 aliphatic heterocycles. The van der Waals surface area contributed by atoms with Gasteiger partial charge in [-0.05, 0) is 6.42 Å². The smallest absolute Gasteiger partial charge is 0.214 e. The number of nitrogens with one attached hydrogen (secondary N) is 1. The van der Waals surface area contributed by atoms with E-state index in [9.17, 15) is 15.8 Å². The molecule has 0 saturated carbocycles. The number of nitrogens with zero attached hydrogens (tertiary/aromatic N) is 3. The Bertz CT molecular complexity index is 553. The van der Waals surface area contributed by atoms with Crippen LogP contribution in [-0.2, 0) is 9.47 Å². The zero-order chi connectivity index (χ0) is 14.5. The number of fused-ring (bicyclic) bond motifs is 3. The molecule has 3 aliphatic rings. The average molecular weight is 258 g/mol. The van der Waals surface area contributed by atoms with Gasteiger partial charge in [0.1, 0.15) is 0 Å². The highest BCUT2D eigenvalue weighted by Crippen LogP contribution is 2.62. The molecular formula is C13H14N4O2. The fourth-order valence-electron chi connectivity index (χ4n) is 3.18. The second-order valence-corrected chi connectivity index (χ2v) is 5.14. The maximum atomic E-state index is 9.58. The third-order valence-corrected chi connectivity index (χ3v) is 4.48. The van der Waals surface area contributed by atoms with Gasteiger partial charge in [-0.3, -0.25) is 5.41 Å². The molecule has 3 heterocycles. The zero-order valence-corrected chi connectivity index (χ0v) is 11.0. The third kappa shape index (κ3) is 1.14. The summed E-state index contributed by atoms with van der Waals surface area (Å²) in [6.07, 6.45) is -0.272. The zero-order valence-electron chi connectivity index (χ0n) is 11.0. The molecule has 4 atom stereocenters. The highest BCUT2D eigenvalue weighted by molar-refractivity contribution is 5.88. The Morgan fingerprint density at radius 2 is 1.84 bits per heavy atom. The van der Waals surface area contributed by atoms with Crippen LogP contribution in [0.2, 0.25) is 0 Å². The van der Waals surface area contributed by atoms with Crippen LogP contribution in [0.5, 0.6) is 0 Å². The van der Waals surface area contributed by atoms with Gasteiger partial charge in [-0.15, -0.1) is 0 Å². The second kappa shape index (κ2) is 3.70. The van der Waals surface area contributed by atoms with Crippen molar-refractivity contribution in [3.8, 4) is 18.2 Å². The Morgan fingerprint density at radius 3 is 2.26 bits per heavy atom. The molecule has 0 aliphatic carbocycles. The number of nitriles is 3. The summed E-state index contributed by atoms with van der Waals surface area (Å²) in [6.45, 7) is 5.06. The molecule has 6 nitrogen and oxygen atoms in total. The van der Waals surface area contributed by atoms with Crippen molar-refractivity contribution in [1.29, 1.82) is 21.2 Å². The molecule has 6 heteroatoms. The summed E-state index contributed by atoms with van der Waals surface area (Å²) in [5, 5.41) is 36.7. The van der Waals surface area contributed by atoms with E-state index in [2.05, 4.69) is 0 Å². The standard InChI is InChI=1S/C13H14N4O2/c1-4-9-13(7-16)10(17)19-11(3,18-9)8(2)12(13,5-14)6-15/h8-9,17H,4H2,1-3H3/t8-,9-,11+,13+/m0/s1. The van der Waals surface area contributed by atoms with Crippen LogP contribution in [0.3, 0.4) is 0 Å². The van der Waals surface area contributed by atoms with E-state index in [0.29, 0.717) is 6.42 Å². The van der Waals surface area contributed by atoms with Crippen molar-refractivity contribution < 1.29 is 9.47 Å². The van der Waals surface area contributed by atoms with Crippen LogP contribution < -0.4 is 0 Å². The Hall–Kier alpha value is -2.10. The summed E-state index contributed by atoms with van der Waals surface area (Å²) < 4.78 is 11.2. The summed E-state index contributed by atoms with van der Waals surface area (Å²) in [6, 6.07) is 5.93. The van der Waals surface area contributed by atoms with Gasteiger partial charge in [-0.1, -0.05) is 13.8 Å². The summed E-state index contributed by atoms with van der Waals surface area (Å²) in [7, 11) is 0. The van der Waals surface area contributed by atoms with Crippen molar-refractivity contribution in [3.63, 3.8) is 0 Å². The highest BCUT2D eigenvalue weighted by Gasteiger charge is 2.77. The second-order valence-electron chi connectivity index (χ2n) is 5.14. The summed E-state index contributed by atoms with van der Waals surface area (Å²) in [5.74, 6) is -2.19. The number of ether oxygens (including phenoxy) is 2. The van der Waals surface area contributed by atoms with Crippen LogP contribution in [0.15, 0.2) is 0 Å². The van der Waals surface area contributed by atoms with E-state index in [-0.39, 0.29) is 5.90 Å². The predicted molar refractivity (Wildman–Crippen MR) is 63.2 cm³/mol. The first-order valence-corrected chi connectivity index (χ1v) is 6.08. The first kappa shape index (κ1) is 13.3. The maximum absolute atomic E-state index is 9.58. The maximum Gasteiger partial charge on any atom is 0.214 e. The summed E-state index contributed by atoms with van der Waals surface area (Å²) in [5.41, 5.74) is -3.30. The topological polar surface area (TPSA) is 114 Å². The summed E-state index contributed by atoms with van der Waals surface area (Å²) in [4.78, 5) is 0. The number of hydrogen-bond acceptors (Lipinski definition) is 6. The molecule has 3 saturated heterocycles. The molecule has 2 bridgehead atoms. The lowest BCUT2D eigenvalue weighted by Gasteiger charge is -2.60. The Balaban J connectivity index is 2.81. The lowest BCUT2D eigenvalue weighted by Crippen LogP contribution is -2.73. The number of rotatable bonds is 1. The van der Waals surface area contributed by atoms with Crippen LogP contribution in [0.25, 0.3) is 0 Å². The van der Waals surface area contributed by atoms with Crippen molar-refractivity contribution >= 4 is 5.90 Å². The summed E-state index contributed by atoms with van der Waals surface area (Å²) >= 11 is 0. The van der Waals surface area contributed by atoms with Crippen LogP contribution >= 0.6 is 0 Å². The van der Waals surface area contributed by atoms with E-state index in [0.717, 1.165) is 0 Å². The van der Waals surface area contributed by atoms with Gasteiger partial charge in [0, 0.05) is 6.92 Å². The van der Waals surface area contributed by atoms with Crippen molar-refractivity contribution in [3.05, 3.63) is 0 Å². The van der Waals surface area contributed by atoms with Crippen molar-refractivity contribution in [2.45, 2.75) is 39.1 Å². The average Bonchev–Trinajstić information content (AvgIpc) is 2.40. The molecule has 98 valence electrons. The van der Waals surface area contributed by atoms with E-state index in [1.165, 1.54) is 0 Å². The Kier molecular flexibility index (Phi) is 2.59. The monoisotopic (exact) mass is 258 g/mol. The molecule has 0 radical (unpaired) electrons. The van der Waals surface area contributed by atoms with E-state index < -0.39 is 28.6 Å². The van der Waals surface area contributed by atoms with Crippen LogP contribution in [-0.4, -0.2) is 17.8 Å². The van der Waals surface area contributed by atoms with Gasteiger partial charge < -0.3 is 9.47 Å². The SMILES string of the molecule is CC[C@@H]1O[C@]2(C)OC(=N)[C@]1(C#N)C(C#N)(C#N)[C@H]2C. The van der Waals surface area contributed by atoms with Gasteiger partial charge in [0.25, 0.3) is 0 Å². The third-order valence-electron chi connectivity index (χ3n) is 4.48. The van der Waals surface area contributed by atoms with E-state index in [4.69, 9.17) is 14.9 Å². The van der Waals surface area contributed by atoms with Crippen LogP contribution in [0, 0.1) is 56.2 Å². The van der Waals surface area contributed by atoms with E-state index in [1.54, 1.807) is 20.8 Å². The number of hydrogen-bond donors (Lipinski definition) is 1. The molecule has 0 unspecified atom stereocenters. The first-order valence-electron chi connectivity index (χ1n) is 6.08. The van der Waals surface area contributed by atoms with E-state index >= 15 is 0 Å². The van der Waals surface area contributed by atoms with Crippen molar-refractivity contribution in [1.82, 2.24) is 0 Å². The minimum Gasteiger partial charge on any atom is -0.448 e. The van der Waals surface area contributed by atoms with Crippen molar-refractivity contribution in [2.24, 2.45) is 16.7 Å². The van der Waals surface area contributed by atoms with Gasteiger partial charge in [-0.25, -0.2) is 0 Å².